The molecule has 0 spiro atoms. The van der Waals surface area contributed by atoms with E-state index in [4.69, 9.17) is 4.74 Å². The van der Waals surface area contributed by atoms with Gasteiger partial charge in [0.15, 0.2) is 11.3 Å². The second-order valence-electron chi connectivity index (χ2n) is 8.78. The number of aryl methyl sites for hydroxylation is 1. The predicted molar refractivity (Wildman–Crippen MR) is 142 cm³/mol. The van der Waals surface area contributed by atoms with Crippen LogP contribution in [0.25, 0.3) is 33.3 Å². The molecule has 5 heterocycles. The number of aromatic nitrogens is 6. The predicted octanol–water partition coefficient (Wildman–Crippen LogP) is 5.03. The van der Waals surface area contributed by atoms with Crippen LogP contribution in [0.3, 0.4) is 0 Å². The summed E-state index contributed by atoms with van der Waals surface area (Å²) in [5.74, 6) is -0.124. The van der Waals surface area contributed by atoms with E-state index in [2.05, 4.69) is 36.4 Å². The summed E-state index contributed by atoms with van der Waals surface area (Å²) in [4.78, 5) is 19.0. The Hall–Kier alpha value is -2.59. The second-order valence-corrected chi connectivity index (χ2v) is 10.5. The molecule has 0 unspecified atom stereocenters. The standard InChI is InChI=1S/C23H23F3IN7O2S/c1-31-13-19-16(10-33(29-19)6-7-36-2)14-8-15-17(12-34(37-27)22(15)28-9-14)18-11-32(5-3-4-20(31)35)30-21(18)23(24,25)26/h8-12H,3-7,13H2,1-2H3. The molecule has 1 aliphatic heterocycles. The molecule has 5 rings (SSSR count). The van der Waals surface area contributed by atoms with Crippen molar-refractivity contribution in [2.75, 3.05) is 20.8 Å². The summed E-state index contributed by atoms with van der Waals surface area (Å²) in [6.45, 7) is 1.44. The van der Waals surface area contributed by atoms with E-state index in [0.29, 0.717) is 47.4 Å². The van der Waals surface area contributed by atoms with E-state index in [0.717, 1.165) is 5.56 Å². The van der Waals surface area contributed by atoms with Gasteiger partial charge in [-0.1, -0.05) is 0 Å². The molecular formula is C23H23F3IN7O2S. The normalized spacial score (nSPS) is 14.8. The van der Waals surface area contributed by atoms with Crippen LogP contribution in [0.4, 0.5) is 13.2 Å². The lowest BCUT2D eigenvalue weighted by atomic mass is 10.0. The first-order chi connectivity index (χ1) is 17.7. The maximum atomic E-state index is 14.1. The Balaban J connectivity index is 1.75. The number of amides is 1. The minimum Gasteiger partial charge on any atom is -0.383 e. The average molecular weight is 645 g/mol. The third-order valence-electron chi connectivity index (χ3n) is 6.27. The highest BCUT2D eigenvalue weighted by Gasteiger charge is 2.38. The van der Waals surface area contributed by atoms with Crippen molar-refractivity contribution >= 4 is 47.3 Å². The summed E-state index contributed by atoms with van der Waals surface area (Å²) in [6, 6.07) is 1.83. The third-order valence-corrected chi connectivity index (χ3v) is 7.97. The lowest BCUT2D eigenvalue weighted by molar-refractivity contribution is -0.141. The summed E-state index contributed by atoms with van der Waals surface area (Å²) >= 11 is 2.08. The van der Waals surface area contributed by atoms with Crippen molar-refractivity contribution in [1.29, 1.82) is 0 Å². The molecule has 1 amide bonds. The molecule has 0 N–H and O–H groups in total. The van der Waals surface area contributed by atoms with Gasteiger partial charge in [0.1, 0.15) is 0 Å². The third kappa shape index (κ3) is 5.10. The van der Waals surface area contributed by atoms with Gasteiger partial charge >= 0.3 is 6.18 Å². The molecule has 196 valence electrons. The van der Waals surface area contributed by atoms with Crippen LogP contribution in [-0.2, 0) is 35.3 Å². The summed E-state index contributed by atoms with van der Waals surface area (Å²) < 4.78 is 52.1. The number of halogens is 4. The number of hydrogen-bond acceptors (Lipinski definition) is 6. The van der Waals surface area contributed by atoms with Crippen molar-refractivity contribution < 1.29 is 22.7 Å². The number of alkyl halides is 3. The highest BCUT2D eigenvalue weighted by molar-refractivity contribution is 14.2. The molecule has 0 fully saturated rings. The maximum absolute atomic E-state index is 14.1. The van der Waals surface area contributed by atoms with Gasteiger partial charge in [0, 0.05) is 110 Å². The van der Waals surface area contributed by atoms with E-state index in [1.165, 1.54) is 20.0 Å². The van der Waals surface area contributed by atoms with E-state index in [1.54, 1.807) is 40.1 Å². The van der Waals surface area contributed by atoms with E-state index >= 15 is 0 Å². The number of pyridine rings is 1. The summed E-state index contributed by atoms with van der Waals surface area (Å²) in [5, 5.41) is 9.12. The molecule has 14 heteroatoms. The van der Waals surface area contributed by atoms with Gasteiger partial charge in [0.25, 0.3) is 0 Å². The van der Waals surface area contributed by atoms with Gasteiger partial charge in [0.2, 0.25) is 5.91 Å². The quantitative estimate of drug-likeness (QED) is 0.290. The van der Waals surface area contributed by atoms with Crippen LogP contribution in [0, 0.1) is 0 Å². The van der Waals surface area contributed by atoms with Crippen molar-refractivity contribution in [1.82, 2.24) is 33.4 Å². The fourth-order valence-corrected chi connectivity index (χ4v) is 5.71. The number of ether oxygens (including phenoxy) is 1. The van der Waals surface area contributed by atoms with Crippen LogP contribution in [0.5, 0.6) is 0 Å². The van der Waals surface area contributed by atoms with Crippen molar-refractivity contribution in [2.24, 2.45) is 0 Å². The lowest BCUT2D eigenvalue weighted by Gasteiger charge is -2.17. The monoisotopic (exact) mass is 645 g/mol. The van der Waals surface area contributed by atoms with Crippen LogP contribution >= 0.6 is 30.3 Å². The topological polar surface area (TPSA) is 83.0 Å². The first-order valence-electron chi connectivity index (χ1n) is 11.4. The molecule has 4 aromatic rings. The van der Waals surface area contributed by atoms with Gasteiger partial charge in [-0.15, -0.1) is 0 Å². The van der Waals surface area contributed by atoms with Crippen LogP contribution in [0.15, 0.2) is 30.9 Å². The largest absolute Gasteiger partial charge is 0.435 e. The van der Waals surface area contributed by atoms with E-state index in [-0.39, 0.29) is 31.0 Å². The molecule has 4 bridgehead atoms. The number of nitrogens with zero attached hydrogens (tertiary/aromatic N) is 7. The summed E-state index contributed by atoms with van der Waals surface area (Å²) in [7, 11) is 4.62. The first kappa shape index (κ1) is 26.0. The van der Waals surface area contributed by atoms with Crippen molar-refractivity contribution in [3.63, 3.8) is 0 Å². The van der Waals surface area contributed by atoms with Gasteiger partial charge in [0.05, 0.1) is 25.4 Å². The Kier molecular flexibility index (Phi) is 7.24. The molecule has 0 aliphatic carbocycles. The van der Waals surface area contributed by atoms with Gasteiger partial charge in [-0.05, 0) is 12.5 Å². The fourth-order valence-electron chi connectivity index (χ4n) is 4.45. The van der Waals surface area contributed by atoms with Crippen LogP contribution in [0.1, 0.15) is 24.2 Å². The van der Waals surface area contributed by atoms with Gasteiger partial charge in [-0.25, -0.2) is 4.98 Å². The van der Waals surface area contributed by atoms with Crippen molar-refractivity contribution in [2.45, 2.75) is 38.7 Å². The number of carbonyl (C=O) groups excluding carboxylic acids is 1. The number of carbonyl (C=O) groups is 1. The SMILES string of the molecule is COCCn1cc2c(n1)CN(C)C(=O)CCCn1cc(c(C(F)(F)F)n1)-c1cn(SI)c3ncc-2cc13. The highest BCUT2D eigenvalue weighted by Crippen LogP contribution is 2.42. The van der Waals surface area contributed by atoms with Gasteiger partial charge < -0.3 is 9.64 Å². The van der Waals surface area contributed by atoms with Gasteiger partial charge in [-0.3, -0.25) is 18.1 Å². The zero-order valence-corrected chi connectivity index (χ0v) is 23.0. The highest BCUT2D eigenvalue weighted by atomic mass is 127. The molecule has 1 aliphatic rings. The first-order valence-corrected chi connectivity index (χ1v) is 14.8. The molecule has 0 saturated heterocycles. The molecule has 0 saturated carbocycles. The Morgan fingerprint density at radius 2 is 1.97 bits per heavy atom. The van der Waals surface area contributed by atoms with Crippen LogP contribution in [-0.4, -0.2) is 60.1 Å². The molecule has 4 aromatic heterocycles. The number of hydrogen-bond donors (Lipinski definition) is 0. The Morgan fingerprint density at radius 3 is 2.70 bits per heavy atom. The number of rotatable bonds is 4. The maximum Gasteiger partial charge on any atom is 0.435 e. The Morgan fingerprint density at radius 1 is 1.16 bits per heavy atom. The van der Waals surface area contributed by atoms with Gasteiger partial charge in [-0.2, -0.15) is 23.4 Å². The zero-order chi connectivity index (χ0) is 26.3. The Labute approximate surface area is 226 Å². The summed E-state index contributed by atoms with van der Waals surface area (Å²) in [6.07, 6.45) is 2.50. The summed E-state index contributed by atoms with van der Waals surface area (Å²) in [5.41, 5.74) is 2.09. The van der Waals surface area contributed by atoms with Crippen LogP contribution in [0.2, 0.25) is 0 Å². The zero-order valence-electron chi connectivity index (χ0n) is 20.0. The van der Waals surface area contributed by atoms with Crippen molar-refractivity contribution in [3.8, 4) is 22.3 Å². The molecule has 0 aromatic carbocycles. The lowest BCUT2D eigenvalue weighted by Crippen LogP contribution is -2.26. The van der Waals surface area contributed by atoms with Crippen LogP contribution < -0.4 is 0 Å². The molecule has 9 nitrogen and oxygen atoms in total. The molecule has 0 atom stereocenters. The fraction of sp³-hybridized carbons (Fsp3) is 0.391. The molecule has 37 heavy (non-hydrogen) atoms. The second kappa shape index (κ2) is 10.3. The minimum absolute atomic E-state index is 0.0185. The molecule has 0 radical (unpaired) electrons. The number of methoxy groups -OCH3 is 1. The van der Waals surface area contributed by atoms with E-state index in [1.807, 2.05) is 12.3 Å². The average Bonchev–Trinajstić information content (AvgIpc) is 3.56. The Bertz CT molecular complexity index is 1460. The molecular weight excluding hydrogens is 622 g/mol. The van der Waals surface area contributed by atoms with Crippen molar-refractivity contribution in [3.05, 3.63) is 42.2 Å². The number of fused-ring (bicyclic) bond motifs is 6. The minimum atomic E-state index is -4.64. The van der Waals surface area contributed by atoms with E-state index in [9.17, 15) is 18.0 Å². The van der Waals surface area contributed by atoms with E-state index < -0.39 is 11.9 Å². The smallest absolute Gasteiger partial charge is 0.383 e.